The first-order valence-corrected chi connectivity index (χ1v) is 6.69. The Hall–Kier alpha value is -1.29. The molecule has 0 fully saturated rings. The Morgan fingerprint density at radius 1 is 1.44 bits per heavy atom. The first-order valence-electron chi connectivity index (χ1n) is 5.89. The van der Waals surface area contributed by atoms with E-state index in [2.05, 4.69) is 34.3 Å². The number of ether oxygens (including phenoxy) is 1. The van der Waals surface area contributed by atoms with Crippen molar-refractivity contribution in [2.24, 2.45) is 5.92 Å². The smallest absolute Gasteiger partial charge is 0.340 e. The largest absolute Gasteiger partial charge is 0.465 e. The third-order valence-electron chi connectivity index (χ3n) is 2.81. The van der Waals surface area contributed by atoms with Gasteiger partial charge in [0.15, 0.2) is 0 Å². The van der Waals surface area contributed by atoms with Crippen LogP contribution >= 0.6 is 15.9 Å². The molecule has 1 heterocycles. The Bertz CT molecular complexity index is 587. The fourth-order valence-corrected chi connectivity index (χ4v) is 2.45. The molecule has 4 heteroatoms. The van der Waals surface area contributed by atoms with Gasteiger partial charge in [-0.3, -0.25) is 0 Å². The number of nitrogens with zero attached hydrogens (tertiary/aromatic N) is 1. The molecule has 0 amide bonds. The number of benzene rings is 1. The number of rotatable bonds is 3. The van der Waals surface area contributed by atoms with Crippen LogP contribution in [0.1, 0.15) is 24.2 Å². The molecule has 0 unspecified atom stereocenters. The summed E-state index contributed by atoms with van der Waals surface area (Å²) in [7, 11) is 1.41. The lowest BCUT2D eigenvalue weighted by Gasteiger charge is -2.07. The maximum Gasteiger partial charge on any atom is 0.340 e. The van der Waals surface area contributed by atoms with Crippen LogP contribution in [0.3, 0.4) is 0 Å². The second-order valence-electron chi connectivity index (χ2n) is 4.74. The number of hydrogen-bond acceptors (Lipinski definition) is 2. The molecule has 2 aromatic rings. The van der Waals surface area contributed by atoms with Gasteiger partial charge < -0.3 is 9.30 Å². The van der Waals surface area contributed by atoms with Crippen LogP contribution in [0.15, 0.2) is 28.9 Å². The van der Waals surface area contributed by atoms with Crippen molar-refractivity contribution in [3.8, 4) is 0 Å². The van der Waals surface area contributed by atoms with Gasteiger partial charge in [-0.15, -0.1) is 0 Å². The summed E-state index contributed by atoms with van der Waals surface area (Å²) in [5.74, 6) is 0.232. The van der Waals surface area contributed by atoms with Crippen LogP contribution in [0, 0.1) is 5.92 Å². The van der Waals surface area contributed by atoms with E-state index in [9.17, 15) is 4.79 Å². The SMILES string of the molecule is COC(=O)c1cn(CC(C)C)c2ccc(Br)cc12. The van der Waals surface area contributed by atoms with Crippen LogP contribution in [0.25, 0.3) is 10.9 Å². The van der Waals surface area contributed by atoms with Crippen LogP contribution in [0.5, 0.6) is 0 Å². The first kappa shape index (κ1) is 13.1. The standard InChI is InChI=1S/C14H16BrNO2/c1-9(2)7-16-8-12(14(17)18-3)11-6-10(15)4-5-13(11)16/h4-6,8-9H,7H2,1-3H3. The predicted molar refractivity (Wildman–Crippen MR) is 75.8 cm³/mol. The third-order valence-corrected chi connectivity index (χ3v) is 3.30. The highest BCUT2D eigenvalue weighted by Gasteiger charge is 2.16. The highest BCUT2D eigenvalue weighted by Crippen LogP contribution is 2.26. The van der Waals surface area contributed by atoms with Gasteiger partial charge in [0.2, 0.25) is 0 Å². The monoisotopic (exact) mass is 309 g/mol. The number of methoxy groups -OCH3 is 1. The molecule has 18 heavy (non-hydrogen) atoms. The molecule has 0 aliphatic rings. The molecule has 0 saturated heterocycles. The Labute approximate surface area is 115 Å². The molecule has 0 atom stereocenters. The summed E-state index contributed by atoms with van der Waals surface area (Å²) in [5, 5.41) is 0.928. The number of fused-ring (bicyclic) bond motifs is 1. The molecular formula is C14H16BrNO2. The summed E-state index contributed by atoms with van der Waals surface area (Å²) < 4.78 is 7.91. The zero-order chi connectivity index (χ0) is 13.3. The van der Waals surface area contributed by atoms with E-state index in [1.54, 1.807) is 0 Å². The number of halogens is 1. The van der Waals surface area contributed by atoms with E-state index in [1.165, 1.54) is 7.11 Å². The number of aromatic nitrogens is 1. The second-order valence-corrected chi connectivity index (χ2v) is 5.66. The van der Waals surface area contributed by atoms with E-state index in [0.717, 1.165) is 21.9 Å². The topological polar surface area (TPSA) is 31.2 Å². The Balaban J connectivity index is 2.63. The van der Waals surface area contributed by atoms with Gasteiger partial charge in [-0.25, -0.2) is 4.79 Å². The maximum absolute atomic E-state index is 11.8. The molecule has 0 N–H and O–H groups in total. The molecule has 1 aromatic carbocycles. The molecule has 0 radical (unpaired) electrons. The second kappa shape index (κ2) is 5.14. The number of hydrogen-bond donors (Lipinski definition) is 0. The van der Waals surface area contributed by atoms with Crippen molar-refractivity contribution in [1.29, 1.82) is 0 Å². The molecule has 1 aromatic heterocycles. The Morgan fingerprint density at radius 3 is 2.78 bits per heavy atom. The summed E-state index contributed by atoms with van der Waals surface area (Å²) in [6, 6.07) is 5.97. The van der Waals surface area contributed by atoms with Crippen molar-refractivity contribution in [2.45, 2.75) is 20.4 Å². The number of carbonyl (C=O) groups is 1. The van der Waals surface area contributed by atoms with Gasteiger partial charge in [0.05, 0.1) is 12.7 Å². The van der Waals surface area contributed by atoms with E-state index in [-0.39, 0.29) is 5.97 Å². The quantitative estimate of drug-likeness (QED) is 0.806. The summed E-state index contributed by atoms with van der Waals surface area (Å²) >= 11 is 3.44. The molecule has 0 saturated carbocycles. The summed E-state index contributed by atoms with van der Waals surface area (Å²) in [6.45, 7) is 5.19. The normalized spacial score (nSPS) is 11.2. The van der Waals surface area contributed by atoms with Crippen molar-refractivity contribution in [3.63, 3.8) is 0 Å². The average molecular weight is 310 g/mol. The zero-order valence-electron chi connectivity index (χ0n) is 10.7. The van der Waals surface area contributed by atoms with Crippen molar-refractivity contribution >= 4 is 32.8 Å². The minimum Gasteiger partial charge on any atom is -0.465 e. The summed E-state index contributed by atoms with van der Waals surface area (Å²) in [5.41, 5.74) is 1.68. The van der Waals surface area contributed by atoms with Gasteiger partial charge in [0.25, 0.3) is 0 Å². The predicted octanol–water partition coefficient (Wildman–Crippen LogP) is 3.85. The van der Waals surface area contributed by atoms with E-state index in [1.807, 2.05) is 24.4 Å². The molecule has 0 spiro atoms. The maximum atomic E-state index is 11.8. The molecule has 0 bridgehead atoms. The molecule has 96 valence electrons. The van der Waals surface area contributed by atoms with Crippen LogP contribution < -0.4 is 0 Å². The Kier molecular flexibility index (Phi) is 3.76. The van der Waals surface area contributed by atoms with E-state index in [0.29, 0.717) is 11.5 Å². The van der Waals surface area contributed by atoms with Gasteiger partial charge in [0.1, 0.15) is 0 Å². The van der Waals surface area contributed by atoms with E-state index < -0.39 is 0 Å². The fraction of sp³-hybridized carbons (Fsp3) is 0.357. The van der Waals surface area contributed by atoms with Gasteiger partial charge in [-0.2, -0.15) is 0 Å². The lowest BCUT2D eigenvalue weighted by atomic mass is 10.2. The van der Waals surface area contributed by atoms with Crippen molar-refractivity contribution in [3.05, 3.63) is 34.4 Å². The lowest BCUT2D eigenvalue weighted by Crippen LogP contribution is -2.03. The summed E-state index contributed by atoms with van der Waals surface area (Å²) in [6.07, 6.45) is 1.88. The summed E-state index contributed by atoms with van der Waals surface area (Å²) in [4.78, 5) is 11.8. The number of esters is 1. The van der Waals surface area contributed by atoms with Crippen LogP contribution in [-0.4, -0.2) is 17.6 Å². The molecule has 0 aliphatic heterocycles. The van der Waals surface area contributed by atoms with Gasteiger partial charge in [-0.05, 0) is 24.1 Å². The molecular weight excluding hydrogens is 294 g/mol. The Morgan fingerprint density at radius 2 is 2.17 bits per heavy atom. The first-order chi connectivity index (χ1) is 8.52. The van der Waals surface area contributed by atoms with Crippen LogP contribution in [0.2, 0.25) is 0 Å². The highest BCUT2D eigenvalue weighted by molar-refractivity contribution is 9.10. The molecule has 0 aliphatic carbocycles. The minimum atomic E-state index is -0.291. The van der Waals surface area contributed by atoms with Crippen molar-refractivity contribution < 1.29 is 9.53 Å². The van der Waals surface area contributed by atoms with Crippen molar-refractivity contribution in [2.75, 3.05) is 7.11 Å². The molecule has 2 rings (SSSR count). The fourth-order valence-electron chi connectivity index (χ4n) is 2.09. The minimum absolute atomic E-state index is 0.291. The van der Waals surface area contributed by atoms with E-state index >= 15 is 0 Å². The number of carbonyl (C=O) groups excluding carboxylic acids is 1. The molecule has 3 nitrogen and oxygen atoms in total. The highest BCUT2D eigenvalue weighted by atomic mass is 79.9. The van der Waals surface area contributed by atoms with Gasteiger partial charge in [0, 0.05) is 28.1 Å². The van der Waals surface area contributed by atoms with E-state index in [4.69, 9.17) is 4.74 Å². The lowest BCUT2D eigenvalue weighted by molar-refractivity contribution is 0.0602. The van der Waals surface area contributed by atoms with Crippen LogP contribution in [0.4, 0.5) is 0 Å². The van der Waals surface area contributed by atoms with Crippen molar-refractivity contribution in [1.82, 2.24) is 4.57 Å². The van der Waals surface area contributed by atoms with Gasteiger partial charge in [-0.1, -0.05) is 29.8 Å². The third kappa shape index (κ3) is 2.43. The average Bonchev–Trinajstić information content (AvgIpc) is 2.65. The zero-order valence-corrected chi connectivity index (χ0v) is 12.3. The van der Waals surface area contributed by atoms with Gasteiger partial charge >= 0.3 is 5.97 Å². The van der Waals surface area contributed by atoms with Crippen LogP contribution in [-0.2, 0) is 11.3 Å².